The Morgan fingerprint density at radius 3 is 2.94 bits per heavy atom. The van der Waals surface area contributed by atoms with Crippen molar-refractivity contribution in [1.29, 1.82) is 0 Å². The zero-order valence-electron chi connectivity index (χ0n) is 9.86. The van der Waals surface area contributed by atoms with Gasteiger partial charge in [-0.3, -0.25) is 0 Å². The largest absolute Gasteiger partial charge is 0.375 e. The van der Waals surface area contributed by atoms with Crippen molar-refractivity contribution in [1.82, 2.24) is 0 Å². The van der Waals surface area contributed by atoms with Gasteiger partial charge in [0.1, 0.15) is 0 Å². The number of aryl methyl sites for hydroxylation is 1. The molecule has 1 aliphatic rings. The van der Waals surface area contributed by atoms with Crippen LogP contribution in [0.1, 0.15) is 18.1 Å². The number of nitrogens with zero attached hydrogens (tertiary/aromatic N) is 1. The Hall–Kier alpha value is -1.46. The molecule has 1 aliphatic heterocycles. The van der Waals surface area contributed by atoms with E-state index in [0.717, 1.165) is 25.3 Å². The molecule has 84 valence electrons. The first-order valence-corrected chi connectivity index (χ1v) is 5.64. The summed E-state index contributed by atoms with van der Waals surface area (Å²) in [7, 11) is 0. The lowest BCUT2D eigenvalue weighted by atomic mass is 10.1. The van der Waals surface area contributed by atoms with E-state index in [1.165, 1.54) is 11.3 Å². The molecule has 0 aliphatic carbocycles. The molecule has 16 heavy (non-hydrogen) atoms. The van der Waals surface area contributed by atoms with Crippen molar-refractivity contribution in [3.63, 3.8) is 0 Å². The summed E-state index contributed by atoms with van der Waals surface area (Å²) in [4.78, 5) is 2.35. The van der Waals surface area contributed by atoms with Gasteiger partial charge < -0.3 is 9.64 Å². The van der Waals surface area contributed by atoms with Gasteiger partial charge in [-0.2, -0.15) is 0 Å². The molecule has 1 fully saturated rings. The third-order valence-corrected chi connectivity index (χ3v) is 2.97. The van der Waals surface area contributed by atoms with Gasteiger partial charge in [0.05, 0.1) is 12.7 Å². The predicted molar refractivity (Wildman–Crippen MR) is 66.7 cm³/mol. The molecule has 2 heteroatoms. The molecular formula is C14H17NO. The summed E-state index contributed by atoms with van der Waals surface area (Å²) in [6, 6.07) is 6.28. The van der Waals surface area contributed by atoms with Crippen molar-refractivity contribution < 1.29 is 4.74 Å². The van der Waals surface area contributed by atoms with Crippen LogP contribution >= 0.6 is 0 Å². The molecule has 0 aromatic heterocycles. The first-order chi connectivity index (χ1) is 7.70. The standard InChI is InChI=1S/C14H17NO/c1-4-13-5-6-14(9-11(13)2)15-7-8-16-12(3)10-15/h1,5-6,9,12H,7-8,10H2,2-3H3. The van der Waals surface area contributed by atoms with Gasteiger partial charge in [0.2, 0.25) is 0 Å². The summed E-state index contributed by atoms with van der Waals surface area (Å²) in [6.07, 6.45) is 5.72. The second-order valence-electron chi connectivity index (χ2n) is 4.27. The van der Waals surface area contributed by atoms with Gasteiger partial charge in [0, 0.05) is 24.3 Å². The highest BCUT2D eigenvalue weighted by molar-refractivity contribution is 5.54. The zero-order chi connectivity index (χ0) is 11.5. The molecule has 1 saturated heterocycles. The number of ether oxygens (including phenoxy) is 1. The van der Waals surface area contributed by atoms with Crippen LogP contribution in [0.3, 0.4) is 0 Å². The van der Waals surface area contributed by atoms with Gasteiger partial charge in [-0.05, 0) is 37.6 Å². The van der Waals surface area contributed by atoms with Crippen LogP contribution in [-0.4, -0.2) is 25.8 Å². The monoisotopic (exact) mass is 215 g/mol. The Labute approximate surface area is 97.2 Å². The van der Waals surface area contributed by atoms with Crippen LogP contribution in [0.25, 0.3) is 0 Å². The number of terminal acetylenes is 1. The fraction of sp³-hybridized carbons (Fsp3) is 0.429. The molecule has 1 atom stereocenters. The SMILES string of the molecule is C#Cc1ccc(N2CCOC(C)C2)cc1C. The number of hydrogen-bond acceptors (Lipinski definition) is 2. The van der Waals surface area contributed by atoms with E-state index in [-0.39, 0.29) is 0 Å². The Kier molecular flexibility index (Phi) is 3.17. The molecule has 2 nitrogen and oxygen atoms in total. The Bertz CT molecular complexity index is 419. The average molecular weight is 215 g/mol. The van der Waals surface area contributed by atoms with E-state index in [0.29, 0.717) is 6.10 Å². The highest BCUT2D eigenvalue weighted by Crippen LogP contribution is 2.21. The van der Waals surface area contributed by atoms with E-state index in [1.807, 2.05) is 6.07 Å². The molecule has 1 aromatic carbocycles. The molecule has 2 rings (SSSR count). The molecule has 0 saturated carbocycles. The Morgan fingerprint density at radius 2 is 2.31 bits per heavy atom. The highest BCUT2D eigenvalue weighted by atomic mass is 16.5. The van der Waals surface area contributed by atoms with E-state index < -0.39 is 0 Å². The molecule has 1 unspecified atom stereocenters. The minimum absolute atomic E-state index is 0.307. The van der Waals surface area contributed by atoms with Crippen LogP contribution in [-0.2, 0) is 4.74 Å². The lowest BCUT2D eigenvalue weighted by molar-refractivity contribution is 0.0532. The number of hydrogen-bond donors (Lipinski definition) is 0. The summed E-state index contributed by atoms with van der Waals surface area (Å²) in [5, 5.41) is 0. The van der Waals surface area contributed by atoms with Gasteiger partial charge in [-0.1, -0.05) is 5.92 Å². The van der Waals surface area contributed by atoms with Gasteiger partial charge in [-0.15, -0.1) is 6.42 Å². The third-order valence-electron chi connectivity index (χ3n) is 2.97. The molecule has 0 spiro atoms. The van der Waals surface area contributed by atoms with E-state index >= 15 is 0 Å². The molecule has 0 radical (unpaired) electrons. The van der Waals surface area contributed by atoms with Crippen molar-refractivity contribution in [3.8, 4) is 12.3 Å². The lowest BCUT2D eigenvalue weighted by Gasteiger charge is -2.33. The molecule has 1 heterocycles. The van der Waals surface area contributed by atoms with E-state index in [9.17, 15) is 0 Å². The summed E-state index contributed by atoms with van der Waals surface area (Å²) < 4.78 is 5.53. The van der Waals surface area contributed by atoms with Crippen LogP contribution in [0.4, 0.5) is 5.69 Å². The van der Waals surface area contributed by atoms with Gasteiger partial charge in [-0.25, -0.2) is 0 Å². The van der Waals surface area contributed by atoms with E-state index in [2.05, 4.69) is 36.8 Å². The molecule has 0 bridgehead atoms. The minimum atomic E-state index is 0.307. The number of benzene rings is 1. The second kappa shape index (κ2) is 4.59. The summed E-state index contributed by atoms with van der Waals surface area (Å²) >= 11 is 0. The van der Waals surface area contributed by atoms with Crippen LogP contribution in [0, 0.1) is 19.3 Å². The van der Waals surface area contributed by atoms with Crippen molar-refractivity contribution in [2.45, 2.75) is 20.0 Å². The van der Waals surface area contributed by atoms with Crippen LogP contribution in [0.5, 0.6) is 0 Å². The fourth-order valence-electron chi connectivity index (χ4n) is 2.06. The summed E-state index contributed by atoms with van der Waals surface area (Å²) in [6.45, 7) is 6.88. The normalized spacial score (nSPS) is 20.6. The predicted octanol–water partition coefficient (Wildman–Crippen LogP) is 2.20. The van der Waals surface area contributed by atoms with Gasteiger partial charge in [0.15, 0.2) is 0 Å². The fourth-order valence-corrected chi connectivity index (χ4v) is 2.06. The molecule has 1 aromatic rings. The first kappa shape index (κ1) is 11.0. The topological polar surface area (TPSA) is 12.5 Å². The third kappa shape index (κ3) is 2.20. The quantitative estimate of drug-likeness (QED) is 0.666. The maximum Gasteiger partial charge on any atom is 0.0722 e. The van der Waals surface area contributed by atoms with Crippen molar-refractivity contribution >= 4 is 5.69 Å². The number of morpholine rings is 1. The summed E-state index contributed by atoms with van der Waals surface area (Å²) in [5.41, 5.74) is 3.39. The smallest absolute Gasteiger partial charge is 0.0722 e. The minimum Gasteiger partial charge on any atom is -0.375 e. The zero-order valence-corrected chi connectivity index (χ0v) is 9.86. The highest BCUT2D eigenvalue weighted by Gasteiger charge is 2.17. The second-order valence-corrected chi connectivity index (χ2v) is 4.27. The Morgan fingerprint density at radius 1 is 1.50 bits per heavy atom. The number of anilines is 1. The van der Waals surface area contributed by atoms with Crippen molar-refractivity contribution in [2.75, 3.05) is 24.6 Å². The Balaban J connectivity index is 2.21. The van der Waals surface area contributed by atoms with Crippen LogP contribution in [0.2, 0.25) is 0 Å². The van der Waals surface area contributed by atoms with E-state index in [1.54, 1.807) is 0 Å². The molecular weight excluding hydrogens is 198 g/mol. The maximum atomic E-state index is 5.53. The van der Waals surface area contributed by atoms with Crippen LogP contribution < -0.4 is 4.90 Å². The van der Waals surface area contributed by atoms with Gasteiger partial charge >= 0.3 is 0 Å². The average Bonchev–Trinajstić information content (AvgIpc) is 2.29. The van der Waals surface area contributed by atoms with Crippen molar-refractivity contribution in [3.05, 3.63) is 29.3 Å². The van der Waals surface area contributed by atoms with Gasteiger partial charge in [0.25, 0.3) is 0 Å². The molecule has 0 N–H and O–H groups in total. The number of rotatable bonds is 1. The van der Waals surface area contributed by atoms with E-state index in [4.69, 9.17) is 11.2 Å². The summed E-state index contributed by atoms with van der Waals surface area (Å²) in [5.74, 6) is 2.69. The first-order valence-electron chi connectivity index (χ1n) is 5.64. The maximum absolute atomic E-state index is 5.53. The lowest BCUT2D eigenvalue weighted by Crippen LogP contribution is -2.41. The van der Waals surface area contributed by atoms with Crippen molar-refractivity contribution in [2.24, 2.45) is 0 Å². The molecule has 0 amide bonds. The van der Waals surface area contributed by atoms with Crippen LogP contribution in [0.15, 0.2) is 18.2 Å².